The number of methoxy groups -OCH3 is 1. The highest BCUT2D eigenvalue weighted by Gasteiger charge is 2.28. The number of hydrogen-bond acceptors (Lipinski definition) is 4. The van der Waals surface area contributed by atoms with Gasteiger partial charge in [-0.05, 0) is 44.4 Å². The van der Waals surface area contributed by atoms with Gasteiger partial charge in [0, 0.05) is 11.7 Å². The Hall–Kier alpha value is -1.42. The van der Waals surface area contributed by atoms with Crippen molar-refractivity contribution < 1.29 is 14.3 Å². The third-order valence-electron chi connectivity index (χ3n) is 3.82. The molecule has 0 aliphatic heterocycles. The quantitative estimate of drug-likeness (QED) is 0.838. The first kappa shape index (κ1) is 16.0. The predicted octanol–water partition coefficient (Wildman–Crippen LogP) is 3.88. The Morgan fingerprint density at radius 1 is 1.43 bits per heavy atom. The normalized spacial score (nSPS) is 21.7. The molecule has 1 N–H and O–H groups in total. The molecule has 2 unspecified atom stereocenters. The van der Waals surface area contributed by atoms with Crippen molar-refractivity contribution in [2.45, 2.75) is 38.6 Å². The zero-order valence-corrected chi connectivity index (χ0v) is 13.3. The van der Waals surface area contributed by atoms with Crippen molar-refractivity contribution in [1.82, 2.24) is 0 Å². The molecule has 1 aliphatic carbocycles. The van der Waals surface area contributed by atoms with Crippen LogP contribution in [-0.4, -0.2) is 25.7 Å². The van der Waals surface area contributed by atoms with E-state index < -0.39 is 0 Å². The Kier molecular flexibility index (Phi) is 5.74. The minimum atomic E-state index is -0.0724. The minimum absolute atomic E-state index is 0.00456. The van der Waals surface area contributed by atoms with E-state index in [1.54, 1.807) is 7.11 Å². The number of nitrogens with one attached hydrogen (secondary N) is 1. The first-order chi connectivity index (χ1) is 10.1. The van der Waals surface area contributed by atoms with E-state index in [0.29, 0.717) is 17.4 Å². The van der Waals surface area contributed by atoms with Crippen molar-refractivity contribution >= 4 is 23.3 Å². The smallest absolute Gasteiger partial charge is 0.308 e. The van der Waals surface area contributed by atoms with Gasteiger partial charge in [-0.15, -0.1) is 0 Å². The Morgan fingerprint density at radius 3 is 2.90 bits per heavy atom. The highest BCUT2D eigenvalue weighted by Crippen LogP contribution is 2.31. The topological polar surface area (TPSA) is 47.6 Å². The second kappa shape index (κ2) is 7.55. The molecule has 0 bridgehead atoms. The minimum Gasteiger partial charge on any atom is -0.495 e. The van der Waals surface area contributed by atoms with E-state index in [1.807, 2.05) is 25.1 Å². The van der Waals surface area contributed by atoms with Crippen LogP contribution in [0.4, 0.5) is 5.69 Å². The Morgan fingerprint density at radius 2 is 2.24 bits per heavy atom. The third kappa shape index (κ3) is 4.27. The van der Waals surface area contributed by atoms with Crippen LogP contribution in [0.25, 0.3) is 0 Å². The molecule has 0 heterocycles. The first-order valence-corrected chi connectivity index (χ1v) is 7.78. The third-order valence-corrected chi connectivity index (χ3v) is 4.11. The van der Waals surface area contributed by atoms with Gasteiger partial charge >= 0.3 is 5.97 Å². The summed E-state index contributed by atoms with van der Waals surface area (Å²) in [5, 5.41) is 4.04. The lowest BCUT2D eigenvalue weighted by atomic mass is 9.85. The molecule has 116 valence electrons. The lowest BCUT2D eigenvalue weighted by Crippen LogP contribution is -2.32. The number of carbonyl (C=O) groups is 1. The molecule has 5 heteroatoms. The van der Waals surface area contributed by atoms with Crippen LogP contribution < -0.4 is 10.1 Å². The fourth-order valence-corrected chi connectivity index (χ4v) is 3.04. The van der Waals surface area contributed by atoms with Crippen LogP contribution in [0.15, 0.2) is 18.2 Å². The fraction of sp³-hybridized carbons (Fsp3) is 0.562. The molecule has 0 amide bonds. The van der Waals surface area contributed by atoms with Crippen LogP contribution in [-0.2, 0) is 9.53 Å². The summed E-state index contributed by atoms with van der Waals surface area (Å²) in [6.45, 7) is 2.29. The lowest BCUT2D eigenvalue weighted by molar-refractivity contribution is -0.149. The zero-order chi connectivity index (χ0) is 15.2. The Labute approximate surface area is 130 Å². The molecule has 2 atom stereocenters. The number of hydrogen-bond donors (Lipinski definition) is 1. The van der Waals surface area contributed by atoms with Gasteiger partial charge in [-0.25, -0.2) is 0 Å². The number of benzene rings is 1. The van der Waals surface area contributed by atoms with Crippen molar-refractivity contribution in [3.63, 3.8) is 0 Å². The van der Waals surface area contributed by atoms with Gasteiger partial charge in [-0.3, -0.25) is 4.79 Å². The van der Waals surface area contributed by atoms with Crippen LogP contribution in [0.1, 0.15) is 32.6 Å². The number of esters is 1. The van der Waals surface area contributed by atoms with Gasteiger partial charge in [0.2, 0.25) is 0 Å². The monoisotopic (exact) mass is 311 g/mol. The highest BCUT2D eigenvalue weighted by molar-refractivity contribution is 6.32. The van der Waals surface area contributed by atoms with Crippen LogP contribution >= 0.6 is 11.6 Å². The zero-order valence-electron chi connectivity index (χ0n) is 12.5. The van der Waals surface area contributed by atoms with Crippen molar-refractivity contribution in [3.8, 4) is 5.75 Å². The number of rotatable bonds is 5. The summed E-state index contributed by atoms with van der Waals surface area (Å²) in [6.07, 6.45) is 3.81. The van der Waals surface area contributed by atoms with Gasteiger partial charge < -0.3 is 14.8 Å². The molecule has 1 aliphatic rings. The van der Waals surface area contributed by atoms with Gasteiger partial charge in [-0.2, -0.15) is 0 Å². The lowest BCUT2D eigenvalue weighted by Gasteiger charge is -2.29. The molecule has 0 saturated heterocycles. The van der Waals surface area contributed by atoms with E-state index in [1.165, 1.54) is 0 Å². The summed E-state index contributed by atoms with van der Waals surface area (Å²) in [7, 11) is 1.60. The molecule has 0 spiro atoms. The van der Waals surface area contributed by atoms with Gasteiger partial charge in [0.15, 0.2) is 0 Å². The Bertz CT molecular complexity index is 492. The van der Waals surface area contributed by atoms with E-state index >= 15 is 0 Å². The molecule has 21 heavy (non-hydrogen) atoms. The summed E-state index contributed by atoms with van der Waals surface area (Å²) in [4.78, 5) is 11.8. The molecule has 1 saturated carbocycles. The number of carbonyl (C=O) groups excluding carboxylic acids is 1. The number of ether oxygens (including phenoxy) is 2. The van der Waals surface area contributed by atoms with Gasteiger partial charge in [0.1, 0.15) is 5.75 Å². The van der Waals surface area contributed by atoms with Gasteiger partial charge in [0.05, 0.1) is 24.7 Å². The molecule has 0 radical (unpaired) electrons. The first-order valence-electron chi connectivity index (χ1n) is 7.40. The molecule has 2 rings (SSSR count). The number of anilines is 1. The van der Waals surface area contributed by atoms with Crippen molar-refractivity contribution in [3.05, 3.63) is 23.2 Å². The summed E-state index contributed by atoms with van der Waals surface area (Å²) in [5.41, 5.74) is 0.954. The van der Waals surface area contributed by atoms with Crippen LogP contribution in [0.5, 0.6) is 5.75 Å². The maximum Gasteiger partial charge on any atom is 0.308 e. The molecule has 4 nitrogen and oxygen atoms in total. The van der Waals surface area contributed by atoms with Gasteiger partial charge in [-0.1, -0.05) is 18.0 Å². The van der Waals surface area contributed by atoms with E-state index in [9.17, 15) is 4.79 Å². The fourth-order valence-electron chi connectivity index (χ4n) is 2.79. The van der Waals surface area contributed by atoms with Crippen molar-refractivity contribution in [2.24, 2.45) is 5.92 Å². The van der Waals surface area contributed by atoms with Crippen LogP contribution in [0.3, 0.4) is 0 Å². The maximum atomic E-state index is 11.8. The largest absolute Gasteiger partial charge is 0.495 e. The number of halogens is 1. The van der Waals surface area contributed by atoms with Gasteiger partial charge in [0.25, 0.3) is 0 Å². The molecule has 1 aromatic rings. The summed E-state index contributed by atoms with van der Waals surface area (Å²) in [5.74, 6) is 0.594. The Balaban J connectivity index is 1.96. The predicted molar refractivity (Wildman–Crippen MR) is 84.0 cm³/mol. The van der Waals surface area contributed by atoms with E-state index in [0.717, 1.165) is 31.4 Å². The van der Waals surface area contributed by atoms with Crippen LogP contribution in [0, 0.1) is 5.92 Å². The highest BCUT2D eigenvalue weighted by atomic mass is 35.5. The average molecular weight is 312 g/mol. The van der Waals surface area contributed by atoms with E-state index in [2.05, 4.69) is 5.32 Å². The average Bonchev–Trinajstić information content (AvgIpc) is 2.48. The van der Waals surface area contributed by atoms with Crippen molar-refractivity contribution in [1.29, 1.82) is 0 Å². The van der Waals surface area contributed by atoms with E-state index in [-0.39, 0.29) is 17.9 Å². The van der Waals surface area contributed by atoms with Crippen LogP contribution in [0.2, 0.25) is 5.02 Å². The molecular formula is C16H22ClNO3. The van der Waals surface area contributed by atoms with E-state index in [4.69, 9.17) is 21.1 Å². The SMILES string of the molecule is CCOC(=O)C1CCCC(Nc2ccc(OC)c(Cl)c2)C1. The molecule has 1 aromatic carbocycles. The second-order valence-corrected chi connectivity index (χ2v) is 5.71. The molecule has 0 aromatic heterocycles. The summed E-state index contributed by atoms with van der Waals surface area (Å²) in [6, 6.07) is 5.92. The molecule has 1 fully saturated rings. The molecular weight excluding hydrogens is 290 g/mol. The second-order valence-electron chi connectivity index (χ2n) is 5.31. The summed E-state index contributed by atoms with van der Waals surface area (Å²) < 4.78 is 10.3. The maximum absolute atomic E-state index is 11.8. The standard InChI is InChI=1S/C16H22ClNO3/c1-3-21-16(19)11-5-4-6-12(9-11)18-13-7-8-15(20-2)14(17)10-13/h7-8,10-12,18H,3-6,9H2,1-2H3. The summed E-state index contributed by atoms with van der Waals surface area (Å²) >= 11 is 6.13. The van der Waals surface area contributed by atoms with Crippen molar-refractivity contribution in [2.75, 3.05) is 19.0 Å².